The van der Waals surface area contributed by atoms with Gasteiger partial charge in [0.2, 0.25) is 5.91 Å². The standard InChI is InChI=1S/C20H18ClN3OS/c21-18-10-5-4-9-17(18)11-12-19(25)23-20(26)24(14-6-13-22)15-16-7-2-1-3-8-16/h1-5,7-12H,6,14-15H2,(H,23,25,26). The fourth-order valence-corrected chi connectivity index (χ4v) is 2.70. The number of nitrogens with zero attached hydrogens (tertiary/aromatic N) is 2. The van der Waals surface area contributed by atoms with Crippen molar-refractivity contribution < 1.29 is 4.79 Å². The van der Waals surface area contributed by atoms with Gasteiger partial charge in [-0.05, 0) is 35.5 Å². The van der Waals surface area contributed by atoms with Crippen LogP contribution in [0.5, 0.6) is 0 Å². The molecule has 2 aromatic rings. The minimum Gasteiger partial charge on any atom is -0.344 e. The molecular formula is C20H18ClN3OS. The largest absolute Gasteiger partial charge is 0.344 e. The van der Waals surface area contributed by atoms with Crippen molar-refractivity contribution >= 4 is 40.9 Å². The third-order valence-electron chi connectivity index (χ3n) is 3.55. The average molecular weight is 384 g/mol. The first-order chi connectivity index (χ1) is 12.6. The molecule has 0 aliphatic carbocycles. The monoisotopic (exact) mass is 383 g/mol. The Hall–Kier alpha value is -2.68. The molecule has 1 amide bonds. The molecule has 0 aliphatic heterocycles. The number of rotatable bonds is 6. The number of hydrogen-bond donors (Lipinski definition) is 1. The van der Waals surface area contributed by atoms with E-state index in [4.69, 9.17) is 29.1 Å². The minimum atomic E-state index is -0.343. The lowest BCUT2D eigenvalue weighted by Crippen LogP contribution is -2.42. The number of carbonyl (C=O) groups is 1. The molecule has 132 valence electrons. The fourth-order valence-electron chi connectivity index (χ4n) is 2.24. The normalized spacial score (nSPS) is 10.3. The number of halogens is 1. The van der Waals surface area contributed by atoms with E-state index in [1.165, 1.54) is 6.08 Å². The van der Waals surface area contributed by atoms with Crippen LogP contribution >= 0.6 is 23.8 Å². The van der Waals surface area contributed by atoms with Gasteiger partial charge in [0.25, 0.3) is 0 Å². The second kappa shape index (κ2) is 10.3. The summed E-state index contributed by atoms with van der Waals surface area (Å²) in [5, 5.41) is 12.4. The minimum absolute atomic E-state index is 0.290. The highest BCUT2D eigenvalue weighted by Crippen LogP contribution is 2.16. The molecule has 2 aromatic carbocycles. The van der Waals surface area contributed by atoms with Crippen molar-refractivity contribution in [3.8, 4) is 6.07 Å². The highest BCUT2D eigenvalue weighted by molar-refractivity contribution is 7.80. The summed E-state index contributed by atoms with van der Waals surface area (Å²) in [6.07, 6.45) is 3.34. The first-order valence-corrected chi connectivity index (χ1v) is 8.82. The number of benzene rings is 2. The first kappa shape index (κ1) is 19.6. The molecule has 0 heterocycles. The summed E-state index contributed by atoms with van der Waals surface area (Å²) in [6, 6.07) is 19.1. The summed E-state index contributed by atoms with van der Waals surface area (Å²) in [5.41, 5.74) is 1.80. The first-order valence-electron chi connectivity index (χ1n) is 8.03. The zero-order valence-corrected chi connectivity index (χ0v) is 15.6. The van der Waals surface area contributed by atoms with Crippen LogP contribution < -0.4 is 5.32 Å². The molecule has 0 saturated carbocycles. The van der Waals surface area contributed by atoms with Crippen molar-refractivity contribution in [3.63, 3.8) is 0 Å². The Bertz CT molecular complexity index is 830. The smallest absolute Gasteiger partial charge is 0.250 e. The van der Waals surface area contributed by atoms with E-state index >= 15 is 0 Å². The SMILES string of the molecule is N#CCCN(Cc1ccccc1)C(=S)NC(=O)C=Cc1ccccc1Cl. The van der Waals surface area contributed by atoms with E-state index in [9.17, 15) is 4.79 Å². The Labute approximate surface area is 163 Å². The van der Waals surface area contributed by atoms with Gasteiger partial charge < -0.3 is 4.90 Å². The van der Waals surface area contributed by atoms with E-state index in [-0.39, 0.29) is 11.0 Å². The average Bonchev–Trinajstić information content (AvgIpc) is 2.65. The van der Waals surface area contributed by atoms with Gasteiger partial charge >= 0.3 is 0 Å². The maximum atomic E-state index is 12.1. The van der Waals surface area contributed by atoms with Crippen LogP contribution in [-0.2, 0) is 11.3 Å². The van der Waals surface area contributed by atoms with Crippen molar-refractivity contribution in [2.45, 2.75) is 13.0 Å². The van der Waals surface area contributed by atoms with Gasteiger partial charge in [0, 0.05) is 24.2 Å². The summed E-state index contributed by atoms with van der Waals surface area (Å²) in [7, 11) is 0. The number of nitrogens with one attached hydrogen (secondary N) is 1. The van der Waals surface area contributed by atoms with E-state index in [1.54, 1.807) is 17.0 Å². The zero-order chi connectivity index (χ0) is 18.8. The highest BCUT2D eigenvalue weighted by atomic mass is 35.5. The van der Waals surface area contributed by atoms with Crippen LogP contribution in [0.2, 0.25) is 5.02 Å². The van der Waals surface area contributed by atoms with Gasteiger partial charge in [0.15, 0.2) is 5.11 Å². The summed E-state index contributed by atoms with van der Waals surface area (Å²) in [5.74, 6) is -0.343. The van der Waals surface area contributed by atoms with Crippen LogP contribution in [0.15, 0.2) is 60.7 Å². The Morgan fingerprint density at radius 3 is 2.58 bits per heavy atom. The second-order valence-electron chi connectivity index (χ2n) is 5.46. The summed E-state index contributed by atoms with van der Waals surface area (Å²) >= 11 is 11.4. The lowest BCUT2D eigenvalue weighted by atomic mass is 10.2. The van der Waals surface area contributed by atoms with Crippen LogP contribution in [0.25, 0.3) is 6.08 Å². The summed E-state index contributed by atoms with van der Waals surface area (Å²) < 4.78 is 0. The number of carbonyl (C=O) groups excluding carboxylic acids is 1. The van der Waals surface area contributed by atoms with Crippen LogP contribution in [0.4, 0.5) is 0 Å². The molecule has 0 unspecified atom stereocenters. The molecule has 2 rings (SSSR count). The molecule has 0 fully saturated rings. The molecule has 0 spiro atoms. The van der Waals surface area contributed by atoms with E-state index < -0.39 is 0 Å². The predicted molar refractivity (Wildman–Crippen MR) is 108 cm³/mol. The van der Waals surface area contributed by atoms with E-state index in [0.717, 1.165) is 11.1 Å². The Morgan fingerprint density at radius 1 is 1.19 bits per heavy atom. The van der Waals surface area contributed by atoms with Crippen LogP contribution in [0, 0.1) is 11.3 Å². The molecule has 1 N–H and O–H groups in total. The molecular weight excluding hydrogens is 366 g/mol. The molecule has 0 aromatic heterocycles. The maximum absolute atomic E-state index is 12.1. The van der Waals surface area contributed by atoms with Crippen molar-refractivity contribution in [3.05, 3.63) is 76.8 Å². The third kappa shape index (κ3) is 6.32. The molecule has 0 atom stereocenters. The predicted octanol–water partition coefficient (Wildman–Crippen LogP) is 4.17. The number of nitriles is 1. The van der Waals surface area contributed by atoms with Crippen LogP contribution in [0.3, 0.4) is 0 Å². The topological polar surface area (TPSA) is 56.1 Å². The van der Waals surface area contributed by atoms with Gasteiger partial charge in [-0.3, -0.25) is 10.1 Å². The Morgan fingerprint density at radius 2 is 1.88 bits per heavy atom. The van der Waals surface area contributed by atoms with Crippen LogP contribution in [-0.4, -0.2) is 22.5 Å². The second-order valence-corrected chi connectivity index (χ2v) is 6.26. The van der Waals surface area contributed by atoms with Crippen molar-refractivity contribution in [2.24, 2.45) is 0 Å². The van der Waals surface area contributed by atoms with Crippen LogP contribution in [0.1, 0.15) is 17.5 Å². The Balaban J connectivity index is 2.00. The van der Waals surface area contributed by atoms with E-state index in [2.05, 4.69) is 11.4 Å². The number of thiocarbonyl (C=S) groups is 1. The highest BCUT2D eigenvalue weighted by Gasteiger charge is 2.12. The van der Waals surface area contributed by atoms with Crippen molar-refractivity contribution in [2.75, 3.05) is 6.54 Å². The van der Waals surface area contributed by atoms with Gasteiger partial charge in [0.1, 0.15) is 0 Å². The lowest BCUT2D eigenvalue weighted by Gasteiger charge is -2.24. The van der Waals surface area contributed by atoms with Crippen molar-refractivity contribution in [1.82, 2.24) is 10.2 Å². The van der Waals surface area contributed by atoms with Gasteiger partial charge in [-0.2, -0.15) is 5.26 Å². The van der Waals surface area contributed by atoms with Gasteiger partial charge in [0.05, 0.1) is 12.5 Å². The third-order valence-corrected chi connectivity index (χ3v) is 4.25. The van der Waals surface area contributed by atoms with Gasteiger partial charge in [-0.15, -0.1) is 0 Å². The molecule has 0 aliphatic rings. The Kier molecular flexibility index (Phi) is 7.81. The van der Waals surface area contributed by atoms with E-state index in [0.29, 0.717) is 24.5 Å². The number of hydrogen-bond acceptors (Lipinski definition) is 3. The maximum Gasteiger partial charge on any atom is 0.250 e. The lowest BCUT2D eigenvalue weighted by molar-refractivity contribution is -0.115. The quantitative estimate of drug-likeness (QED) is 0.600. The summed E-state index contributed by atoms with van der Waals surface area (Å²) in [4.78, 5) is 13.9. The molecule has 0 bridgehead atoms. The molecule has 0 radical (unpaired) electrons. The molecule has 4 nitrogen and oxygen atoms in total. The molecule has 6 heteroatoms. The number of amides is 1. The van der Waals surface area contributed by atoms with E-state index in [1.807, 2.05) is 48.5 Å². The fraction of sp³-hybridized carbons (Fsp3) is 0.150. The van der Waals surface area contributed by atoms with Gasteiger partial charge in [-0.25, -0.2) is 0 Å². The molecule has 26 heavy (non-hydrogen) atoms. The van der Waals surface area contributed by atoms with Crippen molar-refractivity contribution in [1.29, 1.82) is 5.26 Å². The van der Waals surface area contributed by atoms with Gasteiger partial charge in [-0.1, -0.05) is 60.1 Å². The molecule has 0 saturated heterocycles. The zero-order valence-electron chi connectivity index (χ0n) is 14.1. The summed E-state index contributed by atoms with van der Waals surface area (Å²) in [6.45, 7) is 0.967.